The van der Waals surface area contributed by atoms with Gasteiger partial charge in [0.25, 0.3) is 5.91 Å². The Morgan fingerprint density at radius 3 is 3.06 bits per heavy atom. The summed E-state index contributed by atoms with van der Waals surface area (Å²) < 4.78 is 5.24. The van der Waals surface area contributed by atoms with Gasteiger partial charge < -0.3 is 14.6 Å². The minimum atomic E-state index is 0.0609. The van der Waals surface area contributed by atoms with Gasteiger partial charge >= 0.3 is 0 Å². The minimum Gasteiger partial charge on any atom is -0.378 e. The SMILES string of the molecule is O=C(c1c[nH]c2cnccc12)N1CCOCC1. The third-order valence-corrected chi connectivity index (χ3v) is 3.01. The maximum absolute atomic E-state index is 12.3. The Bertz CT molecular complexity index is 543. The number of carbonyl (C=O) groups is 1. The predicted octanol–water partition coefficient (Wildman–Crippen LogP) is 1.04. The Morgan fingerprint density at radius 1 is 1.41 bits per heavy atom. The fourth-order valence-electron chi connectivity index (χ4n) is 2.09. The van der Waals surface area contributed by atoms with Crippen LogP contribution >= 0.6 is 0 Å². The summed E-state index contributed by atoms with van der Waals surface area (Å²) in [5.74, 6) is 0.0609. The average molecular weight is 231 g/mol. The highest BCUT2D eigenvalue weighted by Gasteiger charge is 2.20. The second-order valence-corrected chi connectivity index (χ2v) is 4.03. The smallest absolute Gasteiger partial charge is 0.256 e. The number of fused-ring (bicyclic) bond motifs is 1. The van der Waals surface area contributed by atoms with Crippen molar-refractivity contribution in [3.8, 4) is 0 Å². The number of ether oxygens (including phenoxy) is 1. The van der Waals surface area contributed by atoms with Crippen molar-refractivity contribution in [2.45, 2.75) is 0 Å². The Morgan fingerprint density at radius 2 is 2.24 bits per heavy atom. The Labute approximate surface area is 98.4 Å². The number of H-pyrrole nitrogens is 1. The van der Waals surface area contributed by atoms with Crippen LogP contribution in [0.5, 0.6) is 0 Å². The first kappa shape index (κ1) is 10.3. The van der Waals surface area contributed by atoms with Gasteiger partial charge in [-0.05, 0) is 6.07 Å². The van der Waals surface area contributed by atoms with Crippen LogP contribution in [0.15, 0.2) is 24.7 Å². The molecular weight excluding hydrogens is 218 g/mol. The van der Waals surface area contributed by atoms with Crippen LogP contribution in [0.4, 0.5) is 0 Å². The van der Waals surface area contributed by atoms with Gasteiger partial charge in [-0.15, -0.1) is 0 Å². The standard InChI is InChI=1S/C12H13N3O2/c16-12(15-3-5-17-6-4-15)10-7-14-11-8-13-2-1-9(10)11/h1-2,7-8,14H,3-6H2. The lowest BCUT2D eigenvalue weighted by molar-refractivity contribution is 0.0304. The lowest BCUT2D eigenvalue weighted by Gasteiger charge is -2.26. The summed E-state index contributed by atoms with van der Waals surface area (Å²) in [4.78, 5) is 21.2. The second-order valence-electron chi connectivity index (χ2n) is 4.03. The van der Waals surface area contributed by atoms with Crippen molar-refractivity contribution in [1.29, 1.82) is 0 Å². The fourth-order valence-corrected chi connectivity index (χ4v) is 2.09. The monoisotopic (exact) mass is 231 g/mol. The van der Waals surface area contributed by atoms with Gasteiger partial charge in [0, 0.05) is 30.9 Å². The van der Waals surface area contributed by atoms with E-state index in [0.29, 0.717) is 31.9 Å². The van der Waals surface area contributed by atoms with Gasteiger partial charge in [-0.1, -0.05) is 0 Å². The first-order valence-electron chi connectivity index (χ1n) is 5.64. The second kappa shape index (κ2) is 4.18. The van der Waals surface area contributed by atoms with Crippen LogP contribution in [0.1, 0.15) is 10.4 Å². The van der Waals surface area contributed by atoms with Gasteiger partial charge in [-0.3, -0.25) is 9.78 Å². The van der Waals surface area contributed by atoms with Crippen molar-refractivity contribution < 1.29 is 9.53 Å². The normalized spacial score (nSPS) is 16.4. The van der Waals surface area contributed by atoms with Crippen LogP contribution < -0.4 is 0 Å². The number of nitrogens with one attached hydrogen (secondary N) is 1. The number of nitrogens with zero attached hydrogens (tertiary/aromatic N) is 2. The van der Waals surface area contributed by atoms with E-state index in [2.05, 4.69) is 9.97 Å². The first-order valence-corrected chi connectivity index (χ1v) is 5.64. The number of hydrogen-bond acceptors (Lipinski definition) is 3. The fraction of sp³-hybridized carbons (Fsp3) is 0.333. The summed E-state index contributed by atoms with van der Waals surface area (Å²) >= 11 is 0. The molecule has 5 nitrogen and oxygen atoms in total. The first-order chi connectivity index (χ1) is 8.36. The van der Waals surface area contributed by atoms with Gasteiger partial charge in [-0.2, -0.15) is 0 Å². The number of carbonyl (C=O) groups excluding carboxylic acids is 1. The third-order valence-electron chi connectivity index (χ3n) is 3.01. The van der Waals surface area contributed by atoms with Crippen molar-refractivity contribution >= 4 is 16.8 Å². The molecule has 1 amide bonds. The zero-order valence-electron chi connectivity index (χ0n) is 9.35. The van der Waals surface area contributed by atoms with Crippen molar-refractivity contribution in [2.75, 3.05) is 26.3 Å². The summed E-state index contributed by atoms with van der Waals surface area (Å²) in [6, 6.07) is 1.86. The van der Waals surface area contributed by atoms with Crippen LogP contribution in [0, 0.1) is 0 Å². The maximum atomic E-state index is 12.3. The Kier molecular flexibility index (Phi) is 2.53. The number of aromatic nitrogens is 2. The van der Waals surface area contributed by atoms with E-state index in [1.165, 1.54) is 0 Å². The molecule has 3 rings (SSSR count). The van der Waals surface area contributed by atoms with E-state index in [9.17, 15) is 4.79 Å². The van der Waals surface area contributed by atoms with Crippen LogP contribution in [0.25, 0.3) is 10.9 Å². The predicted molar refractivity (Wildman–Crippen MR) is 62.8 cm³/mol. The molecule has 0 unspecified atom stereocenters. The van der Waals surface area contributed by atoms with Gasteiger partial charge in [0.2, 0.25) is 0 Å². The van der Waals surface area contributed by atoms with Crippen LogP contribution in [-0.4, -0.2) is 47.1 Å². The molecule has 2 aromatic rings. The van der Waals surface area contributed by atoms with Gasteiger partial charge in [-0.25, -0.2) is 0 Å². The molecular formula is C12H13N3O2. The molecule has 0 atom stereocenters. The molecule has 1 N–H and O–H groups in total. The molecule has 1 aliphatic heterocycles. The molecule has 0 radical (unpaired) electrons. The van der Waals surface area contributed by atoms with E-state index in [4.69, 9.17) is 4.74 Å². The summed E-state index contributed by atoms with van der Waals surface area (Å²) in [6.45, 7) is 2.57. The maximum Gasteiger partial charge on any atom is 0.256 e. The molecule has 1 aliphatic rings. The molecule has 17 heavy (non-hydrogen) atoms. The Balaban J connectivity index is 1.95. The minimum absolute atomic E-state index is 0.0609. The lowest BCUT2D eigenvalue weighted by atomic mass is 10.2. The third kappa shape index (κ3) is 1.78. The zero-order chi connectivity index (χ0) is 11.7. The van der Waals surface area contributed by atoms with Crippen molar-refractivity contribution in [1.82, 2.24) is 14.9 Å². The molecule has 1 fully saturated rings. The molecule has 2 aromatic heterocycles. The van der Waals surface area contributed by atoms with Crippen LogP contribution in [-0.2, 0) is 4.74 Å². The number of morpholine rings is 1. The molecule has 0 aromatic carbocycles. The molecule has 1 saturated heterocycles. The number of hydrogen-bond donors (Lipinski definition) is 1. The topological polar surface area (TPSA) is 58.2 Å². The quantitative estimate of drug-likeness (QED) is 0.797. The summed E-state index contributed by atoms with van der Waals surface area (Å²) in [6.07, 6.45) is 5.18. The van der Waals surface area contributed by atoms with Gasteiger partial charge in [0.15, 0.2) is 0 Å². The van der Waals surface area contributed by atoms with E-state index < -0.39 is 0 Å². The Hall–Kier alpha value is -1.88. The number of amides is 1. The van der Waals surface area contributed by atoms with Crippen molar-refractivity contribution in [3.63, 3.8) is 0 Å². The average Bonchev–Trinajstić information content (AvgIpc) is 2.83. The molecule has 5 heteroatoms. The molecule has 0 spiro atoms. The van der Waals surface area contributed by atoms with E-state index in [-0.39, 0.29) is 5.91 Å². The highest BCUT2D eigenvalue weighted by molar-refractivity contribution is 6.06. The van der Waals surface area contributed by atoms with Crippen LogP contribution in [0.2, 0.25) is 0 Å². The van der Waals surface area contributed by atoms with Crippen LogP contribution in [0.3, 0.4) is 0 Å². The highest BCUT2D eigenvalue weighted by atomic mass is 16.5. The number of rotatable bonds is 1. The van der Waals surface area contributed by atoms with E-state index in [1.54, 1.807) is 18.6 Å². The van der Waals surface area contributed by atoms with Crippen molar-refractivity contribution in [3.05, 3.63) is 30.2 Å². The zero-order valence-corrected chi connectivity index (χ0v) is 9.35. The molecule has 0 saturated carbocycles. The summed E-state index contributed by atoms with van der Waals surface area (Å²) in [5, 5.41) is 0.927. The number of aromatic amines is 1. The molecule has 0 aliphatic carbocycles. The lowest BCUT2D eigenvalue weighted by Crippen LogP contribution is -2.40. The molecule has 0 bridgehead atoms. The summed E-state index contributed by atoms with van der Waals surface area (Å²) in [7, 11) is 0. The summed E-state index contributed by atoms with van der Waals surface area (Å²) in [5.41, 5.74) is 1.61. The van der Waals surface area contributed by atoms with E-state index in [1.807, 2.05) is 11.0 Å². The largest absolute Gasteiger partial charge is 0.378 e. The van der Waals surface area contributed by atoms with Gasteiger partial charge in [0.05, 0.1) is 30.5 Å². The van der Waals surface area contributed by atoms with Crippen molar-refractivity contribution in [2.24, 2.45) is 0 Å². The van der Waals surface area contributed by atoms with E-state index in [0.717, 1.165) is 10.9 Å². The molecule has 88 valence electrons. The highest BCUT2D eigenvalue weighted by Crippen LogP contribution is 2.18. The van der Waals surface area contributed by atoms with E-state index >= 15 is 0 Å². The molecule has 3 heterocycles. The van der Waals surface area contributed by atoms with Gasteiger partial charge in [0.1, 0.15) is 0 Å². The number of pyridine rings is 1.